The molecule has 0 heterocycles. The quantitative estimate of drug-likeness (QED) is 0.382. The van der Waals surface area contributed by atoms with Gasteiger partial charge in [0.25, 0.3) is 0 Å². The van der Waals surface area contributed by atoms with Gasteiger partial charge in [0.15, 0.2) is 11.1 Å². The first kappa shape index (κ1) is 24.4. The number of benzene rings is 2. The van der Waals surface area contributed by atoms with Crippen LogP contribution in [-0.2, 0) is 17.1 Å². The van der Waals surface area contributed by atoms with E-state index < -0.39 is 11.9 Å². The van der Waals surface area contributed by atoms with Crippen LogP contribution in [0.3, 0.4) is 0 Å². The summed E-state index contributed by atoms with van der Waals surface area (Å²) in [6.07, 6.45) is 0. The number of phenolic OH excluding ortho intramolecular Hbond substituents is 2. The van der Waals surface area contributed by atoms with Crippen molar-refractivity contribution in [3.63, 3.8) is 0 Å². The Kier molecular flexibility index (Phi) is 10.3. The van der Waals surface area contributed by atoms with Crippen molar-refractivity contribution in [3.05, 3.63) is 53.3 Å². The maximum absolute atomic E-state index is 10.6. The second kappa shape index (κ2) is 10.5. The molecule has 2 aromatic rings. The van der Waals surface area contributed by atoms with Crippen LogP contribution >= 0.6 is 63.7 Å². The monoisotopic (exact) mass is 645 g/mol. The summed E-state index contributed by atoms with van der Waals surface area (Å²) in [4.78, 5) is 21.3. The molecule has 11 heteroatoms. The van der Waals surface area contributed by atoms with Crippen molar-refractivity contribution in [2.75, 3.05) is 0 Å². The van der Waals surface area contributed by atoms with Gasteiger partial charge in [-0.1, -0.05) is 31.9 Å². The van der Waals surface area contributed by atoms with Gasteiger partial charge in [-0.05, 0) is 56.1 Å². The molecule has 0 aliphatic heterocycles. The third-order valence-electron chi connectivity index (χ3n) is 2.55. The average molecular weight is 649 g/mol. The van der Waals surface area contributed by atoms with Crippen LogP contribution < -0.4 is 0 Å². The van der Waals surface area contributed by atoms with Crippen molar-refractivity contribution >= 4 is 75.7 Å². The molecule has 0 spiro atoms. The van der Waals surface area contributed by atoms with Gasteiger partial charge in [-0.25, -0.2) is 0 Å². The Bertz CT molecular complexity index is 745. The smallest absolute Gasteiger partial charge is 0.561 e. The van der Waals surface area contributed by atoms with Gasteiger partial charge < -0.3 is 20.4 Å². The predicted octanol–water partition coefficient (Wildman–Crippen LogP) is 3.56. The maximum atomic E-state index is 10.6. The molecule has 2 aromatic carbocycles. The average Bonchev–Trinajstić information content (AvgIpc) is 2.46. The van der Waals surface area contributed by atoms with Gasteiger partial charge in [-0.15, -0.1) is 0 Å². The van der Waals surface area contributed by atoms with Crippen molar-refractivity contribution in [1.82, 2.24) is 0 Å². The number of aromatic hydroxyl groups is 2. The molecule has 0 fully saturated rings. The summed E-state index contributed by atoms with van der Waals surface area (Å²) in [6, 6.07) is 5.99. The Morgan fingerprint density at radius 3 is 1.24 bits per heavy atom. The van der Waals surface area contributed by atoms with Crippen molar-refractivity contribution in [1.29, 1.82) is 0 Å². The fourth-order valence-electron chi connectivity index (χ4n) is 1.48. The van der Waals surface area contributed by atoms with Gasteiger partial charge in [-0.2, -0.15) is 0 Å². The van der Waals surface area contributed by atoms with Gasteiger partial charge in [-0.3, -0.25) is 0 Å². The number of rotatable bonds is 2. The first-order chi connectivity index (χ1) is 11.0. The Hall–Kier alpha value is -0.581. The Balaban J connectivity index is 0.000000443. The summed E-state index contributed by atoms with van der Waals surface area (Å²) in [5.41, 5.74) is -0.0347. The van der Waals surface area contributed by atoms with Gasteiger partial charge in [0.05, 0.1) is 8.95 Å². The molecule has 1 radical (unpaired) electrons. The van der Waals surface area contributed by atoms with Crippen LogP contribution in [0.4, 0.5) is 0 Å². The minimum Gasteiger partial charge on any atom is -0.561 e. The van der Waals surface area contributed by atoms with Crippen LogP contribution in [0, 0.1) is 0 Å². The summed E-state index contributed by atoms with van der Waals surface area (Å²) in [5.74, 6) is -2.21. The van der Waals surface area contributed by atoms with Crippen LogP contribution in [0.2, 0.25) is 0 Å². The zero-order chi connectivity index (χ0) is 18.6. The first-order valence-electron chi connectivity index (χ1n) is 5.92. The molecule has 0 atom stereocenters. The first-order valence-corrected chi connectivity index (χ1v) is 9.09. The SMILES string of the molecule is O=C([OH2+])c1cc(Br)cc(Br)c1O.O=C([OH2+])c1cc(Br)cc(Br)c1O.[Mn+2]. The summed E-state index contributed by atoms with van der Waals surface area (Å²) >= 11 is 12.4. The van der Waals surface area contributed by atoms with Crippen molar-refractivity contribution in [3.8, 4) is 11.5 Å². The second-order valence-corrected chi connectivity index (χ2v) is 7.77. The van der Waals surface area contributed by atoms with E-state index in [-0.39, 0.29) is 39.7 Å². The van der Waals surface area contributed by atoms with Crippen LogP contribution in [0.5, 0.6) is 11.5 Å². The Morgan fingerprint density at radius 1 is 0.720 bits per heavy atom. The Labute approximate surface area is 186 Å². The minimum atomic E-state index is -0.908. The molecule has 6 nitrogen and oxygen atoms in total. The number of hydrogen-bond acceptors (Lipinski definition) is 4. The molecule has 0 saturated carbocycles. The zero-order valence-corrected chi connectivity index (χ0v) is 19.4. The molecule has 6 N–H and O–H groups in total. The van der Waals surface area contributed by atoms with Crippen LogP contribution in [0.15, 0.2) is 42.2 Å². The molecule has 0 unspecified atom stereocenters. The summed E-state index contributed by atoms with van der Waals surface area (Å²) in [6.45, 7) is 0. The number of phenols is 2. The number of carbonyl (C=O) groups is 2. The van der Waals surface area contributed by atoms with E-state index in [2.05, 4.69) is 63.7 Å². The Morgan fingerprint density at radius 2 is 1.00 bits per heavy atom. The number of hydrogen-bond donors (Lipinski definition) is 2. The van der Waals surface area contributed by atoms with Gasteiger partial charge in [0, 0.05) is 18.5 Å². The summed E-state index contributed by atoms with van der Waals surface area (Å²) < 4.78 is 2.07. The number of halogens is 4. The molecular formula is C14H10Br4MnO6+4. The largest absolute Gasteiger partial charge is 2.00 e. The molecule has 0 aliphatic carbocycles. The summed E-state index contributed by atoms with van der Waals surface area (Å²) in [5, 5.41) is 32.2. The predicted molar refractivity (Wildman–Crippen MR) is 103 cm³/mol. The molecule has 0 bridgehead atoms. The molecule has 0 saturated heterocycles. The van der Waals surface area contributed by atoms with Crippen molar-refractivity contribution in [2.45, 2.75) is 0 Å². The minimum absolute atomic E-state index is 0. The summed E-state index contributed by atoms with van der Waals surface area (Å²) in [7, 11) is 0. The van der Waals surface area contributed by atoms with Crippen LogP contribution in [-0.4, -0.2) is 32.4 Å². The fourth-order valence-corrected chi connectivity index (χ4v) is 3.93. The second-order valence-electron chi connectivity index (χ2n) is 4.23. The fraction of sp³-hybridized carbons (Fsp3) is 0. The van der Waals surface area contributed by atoms with E-state index in [0.29, 0.717) is 17.9 Å². The molecule has 25 heavy (non-hydrogen) atoms. The zero-order valence-electron chi connectivity index (χ0n) is 11.9. The van der Waals surface area contributed by atoms with E-state index in [4.69, 9.17) is 10.2 Å². The van der Waals surface area contributed by atoms with Crippen LogP contribution in [0.25, 0.3) is 0 Å². The standard InChI is InChI=1S/2C7H4Br2O3.Mn/c2*8-3-1-4(7(11)12)6(10)5(9)2-3;/h2*1-2,10H,(H,11,12);/q;;+2/p+2. The molecular weight excluding hydrogens is 639 g/mol. The van der Waals surface area contributed by atoms with Gasteiger partial charge in [0.2, 0.25) is 0 Å². The van der Waals surface area contributed by atoms with Gasteiger partial charge in [0.1, 0.15) is 11.5 Å². The molecule has 133 valence electrons. The van der Waals surface area contributed by atoms with Gasteiger partial charge >= 0.3 is 29.0 Å². The van der Waals surface area contributed by atoms with E-state index in [9.17, 15) is 19.8 Å². The van der Waals surface area contributed by atoms with E-state index in [0.717, 1.165) is 0 Å². The molecule has 0 aromatic heterocycles. The van der Waals surface area contributed by atoms with E-state index in [1.807, 2.05) is 0 Å². The van der Waals surface area contributed by atoms with E-state index >= 15 is 0 Å². The maximum Gasteiger partial charge on any atom is 2.00 e. The number of carbonyl (C=O) groups excluding carboxylic acids is 2. The molecule has 0 amide bonds. The van der Waals surface area contributed by atoms with Crippen molar-refractivity contribution < 1.29 is 47.1 Å². The normalized spacial score (nSPS) is 9.44. The topological polar surface area (TPSA) is 120 Å². The van der Waals surface area contributed by atoms with E-state index in [1.54, 1.807) is 12.1 Å². The van der Waals surface area contributed by atoms with Crippen molar-refractivity contribution in [2.24, 2.45) is 0 Å². The third-order valence-corrected chi connectivity index (χ3v) is 4.67. The van der Waals surface area contributed by atoms with E-state index in [1.165, 1.54) is 12.1 Å². The third kappa shape index (κ3) is 6.91. The molecule has 0 aliphatic rings. The van der Waals surface area contributed by atoms with Crippen LogP contribution in [0.1, 0.15) is 20.7 Å². The molecule has 2 rings (SSSR count).